The van der Waals surface area contributed by atoms with Crippen molar-refractivity contribution in [2.24, 2.45) is 5.73 Å². The van der Waals surface area contributed by atoms with Crippen LogP contribution in [0.4, 0.5) is 5.69 Å². The van der Waals surface area contributed by atoms with E-state index >= 15 is 0 Å². The van der Waals surface area contributed by atoms with Crippen LogP contribution in [0.25, 0.3) is 0 Å². The van der Waals surface area contributed by atoms with Gasteiger partial charge in [0.25, 0.3) is 5.91 Å². The van der Waals surface area contributed by atoms with Crippen molar-refractivity contribution in [2.75, 3.05) is 11.9 Å². The highest BCUT2D eigenvalue weighted by Crippen LogP contribution is 2.28. The highest BCUT2D eigenvalue weighted by molar-refractivity contribution is 7.09. The lowest BCUT2D eigenvalue weighted by atomic mass is 10.2. The standard InChI is InChI=1S/C14H16ClN3O2S/c1-3-20-12-5-4-9(15)6-10(12)17-13(19)11-7-21-14(18-11)8(2)16/h4-8H,3,16H2,1-2H3,(H,17,19). The van der Waals surface area contributed by atoms with Crippen LogP contribution >= 0.6 is 22.9 Å². The maximum atomic E-state index is 12.2. The zero-order chi connectivity index (χ0) is 15.4. The molecule has 0 radical (unpaired) electrons. The molecule has 1 atom stereocenters. The predicted molar refractivity (Wildman–Crippen MR) is 85.3 cm³/mol. The number of nitrogens with two attached hydrogens (primary N) is 1. The first-order valence-corrected chi connectivity index (χ1v) is 7.71. The Kier molecular flexibility index (Phi) is 5.17. The molecule has 0 spiro atoms. The van der Waals surface area contributed by atoms with Gasteiger partial charge >= 0.3 is 0 Å². The number of hydrogen-bond acceptors (Lipinski definition) is 5. The third-order valence-corrected chi connectivity index (χ3v) is 3.91. The number of amides is 1. The number of ether oxygens (including phenoxy) is 1. The van der Waals surface area contributed by atoms with Crippen LogP contribution in [-0.2, 0) is 0 Å². The van der Waals surface area contributed by atoms with E-state index in [4.69, 9.17) is 22.1 Å². The van der Waals surface area contributed by atoms with E-state index in [0.29, 0.717) is 28.8 Å². The minimum absolute atomic E-state index is 0.193. The number of carbonyl (C=O) groups is 1. The van der Waals surface area contributed by atoms with Crippen molar-refractivity contribution in [2.45, 2.75) is 19.9 Å². The molecule has 5 nitrogen and oxygen atoms in total. The fourth-order valence-electron chi connectivity index (χ4n) is 1.67. The van der Waals surface area contributed by atoms with Gasteiger partial charge in [-0.15, -0.1) is 11.3 Å². The molecule has 0 fully saturated rings. The Bertz CT molecular complexity index is 643. The monoisotopic (exact) mass is 325 g/mol. The predicted octanol–water partition coefficient (Wildman–Crippen LogP) is 3.47. The number of nitrogens with one attached hydrogen (secondary N) is 1. The Morgan fingerprint density at radius 1 is 1.57 bits per heavy atom. The maximum Gasteiger partial charge on any atom is 0.275 e. The lowest BCUT2D eigenvalue weighted by Gasteiger charge is -2.11. The van der Waals surface area contributed by atoms with Crippen molar-refractivity contribution in [3.05, 3.63) is 39.3 Å². The van der Waals surface area contributed by atoms with Gasteiger partial charge in [0, 0.05) is 10.4 Å². The molecule has 2 aromatic rings. The van der Waals surface area contributed by atoms with Crippen LogP contribution in [0.3, 0.4) is 0 Å². The van der Waals surface area contributed by atoms with Gasteiger partial charge < -0.3 is 15.8 Å². The van der Waals surface area contributed by atoms with Gasteiger partial charge in [-0.2, -0.15) is 0 Å². The third kappa shape index (κ3) is 3.93. The van der Waals surface area contributed by atoms with E-state index in [1.807, 2.05) is 13.8 Å². The molecule has 21 heavy (non-hydrogen) atoms. The fraction of sp³-hybridized carbons (Fsp3) is 0.286. The Morgan fingerprint density at radius 2 is 2.33 bits per heavy atom. The Hall–Kier alpha value is -1.63. The van der Waals surface area contributed by atoms with Gasteiger partial charge in [-0.25, -0.2) is 4.98 Å². The highest BCUT2D eigenvalue weighted by Gasteiger charge is 2.15. The van der Waals surface area contributed by atoms with Gasteiger partial charge in [0.1, 0.15) is 16.5 Å². The van der Waals surface area contributed by atoms with Crippen LogP contribution in [0.2, 0.25) is 5.02 Å². The van der Waals surface area contributed by atoms with Gasteiger partial charge in [0.15, 0.2) is 0 Å². The summed E-state index contributed by atoms with van der Waals surface area (Å²) in [7, 11) is 0. The molecule has 1 heterocycles. The SMILES string of the molecule is CCOc1ccc(Cl)cc1NC(=O)c1csc(C(C)N)n1. The van der Waals surface area contributed by atoms with Gasteiger partial charge in [0.05, 0.1) is 18.3 Å². The second kappa shape index (κ2) is 6.89. The number of anilines is 1. The first-order valence-electron chi connectivity index (χ1n) is 6.46. The zero-order valence-corrected chi connectivity index (χ0v) is 13.3. The molecule has 0 aliphatic rings. The van der Waals surface area contributed by atoms with E-state index in [9.17, 15) is 4.79 Å². The molecule has 1 unspecified atom stereocenters. The first-order chi connectivity index (χ1) is 10.0. The Balaban J connectivity index is 2.20. The molecule has 3 N–H and O–H groups in total. The molecular formula is C14H16ClN3O2S. The molecule has 1 amide bonds. The van der Waals surface area contributed by atoms with Gasteiger partial charge in [-0.1, -0.05) is 11.6 Å². The van der Waals surface area contributed by atoms with Crippen LogP contribution in [0.5, 0.6) is 5.75 Å². The Morgan fingerprint density at radius 3 is 2.95 bits per heavy atom. The number of halogens is 1. The average molecular weight is 326 g/mol. The molecule has 0 aliphatic carbocycles. The minimum Gasteiger partial charge on any atom is -0.492 e. The maximum absolute atomic E-state index is 12.2. The van der Waals surface area contributed by atoms with Crippen LogP contribution in [0.1, 0.15) is 35.4 Å². The van der Waals surface area contributed by atoms with E-state index in [2.05, 4.69) is 10.3 Å². The van der Waals surface area contributed by atoms with E-state index in [1.165, 1.54) is 11.3 Å². The topological polar surface area (TPSA) is 77.2 Å². The number of hydrogen-bond donors (Lipinski definition) is 2. The van der Waals surface area contributed by atoms with Gasteiger partial charge in [-0.05, 0) is 32.0 Å². The lowest BCUT2D eigenvalue weighted by Crippen LogP contribution is -2.14. The quantitative estimate of drug-likeness (QED) is 0.882. The van der Waals surface area contributed by atoms with E-state index in [0.717, 1.165) is 5.01 Å². The van der Waals surface area contributed by atoms with E-state index < -0.39 is 0 Å². The van der Waals surface area contributed by atoms with Crippen LogP contribution < -0.4 is 15.8 Å². The zero-order valence-electron chi connectivity index (χ0n) is 11.7. The van der Waals surface area contributed by atoms with Crippen molar-refractivity contribution in [3.63, 3.8) is 0 Å². The normalized spacial score (nSPS) is 12.0. The van der Waals surface area contributed by atoms with Crippen molar-refractivity contribution in [1.82, 2.24) is 4.98 Å². The van der Waals surface area contributed by atoms with Crippen LogP contribution in [-0.4, -0.2) is 17.5 Å². The van der Waals surface area contributed by atoms with Gasteiger partial charge in [0.2, 0.25) is 0 Å². The summed E-state index contributed by atoms with van der Waals surface area (Å²) >= 11 is 7.32. The molecule has 1 aromatic heterocycles. The lowest BCUT2D eigenvalue weighted by molar-refractivity contribution is 0.102. The third-order valence-electron chi connectivity index (χ3n) is 2.63. The van der Waals surface area contributed by atoms with Crippen molar-refractivity contribution in [3.8, 4) is 5.75 Å². The summed E-state index contributed by atoms with van der Waals surface area (Å²) < 4.78 is 5.46. The Labute approximate surface area is 132 Å². The first kappa shape index (κ1) is 15.8. The summed E-state index contributed by atoms with van der Waals surface area (Å²) in [4.78, 5) is 16.4. The number of thiazole rings is 1. The summed E-state index contributed by atoms with van der Waals surface area (Å²) in [5, 5.41) is 5.67. The number of nitrogens with zero attached hydrogens (tertiary/aromatic N) is 1. The highest BCUT2D eigenvalue weighted by atomic mass is 35.5. The summed E-state index contributed by atoms with van der Waals surface area (Å²) in [6.07, 6.45) is 0. The fourth-order valence-corrected chi connectivity index (χ4v) is 2.60. The van der Waals surface area contributed by atoms with Crippen LogP contribution in [0, 0.1) is 0 Å². The number of benzene rings is 1. The number of rotatable bonds is 5. The van der Waals surface area contributed by atoms with Gasteiger partial charge in [-0.3, -0.25) is 4.79 Å². The molecule has 1 aromatic carbocycles. The summed E-state index contributed by atoms with van der Waals surface area (Å²) in [6.45, 7) is 4.19. The van der Waals surface area contributed by atoms with Crippen molar-refractivity contribution in [1.29, 1.82) is 0 Å². The van der Waals surface area contributed by atoms with E-state index in [1.54, 1.807) is 23.6 Å². The molecule has 0 bridgehead atoms. The summed E-state index contributed by atoms with van der Waals surface area (Å²) in [5.41, 5.74) is 6.59. The van der Waals surface area contributed by atoms with Crippen molar-refractivity contribution >= 4 is 34.5 Å². The minimum atomic E-state index is -0.318. The molecular weight excluding hydrogens is 310 g/mol. The number of aromatic nitrogens is 1. The van der Waals surface area contributed by atoms with Crippen molar-refractivity contribution < 1.29 is 9.53 Å². The van der Waals surface area contributed by atoms with E-state index in [-0.39, 0.29) is 11.9 Å². The van der Waals surface area contributed by atoms with Crippen LogP contribution in [0.15, 0.2) is 23.6 Å². The summed E-state index contributed by atoms with van der Waals surface area (Å²) in [6, 6.07) is 4.88. The molecule has 112 valence electrons. The molecule has 0 aliphatic heterocycles. The smallest absolute Gasteiger partial charge is 0.275 e. The summed E-state index contributed by atoms with van der Waals surface area (Å²) in [5.74, 6) is 0.249. The largest absolute Gasteiger partial charge is 0.492 e. The second-order valence-electron chi connectivity index (χ2n) is 4.39. The molecule has 2 rings (SSSR count). The number of carbonyl (C=O) groups excluding carboxylic acids is 1. The second-order valence-corrected chi connectivity index (χ2v) is 5.71. The average Bonchev–Trinajstić information content (AvgIpc) is 2.92. The molecule has 0 saturated heterocycles. The molecule has 0 saturated carbocycles. The molecule has 7 heteroatoms.